The molecule has 60 valence electrons. The summed E-state index contributed by atoms with van der Waals surface area (Å²) in [4.78, 5) is 0. The van der Waals surface area contributed by atoms with Gasteiger partial charge in [-0.25, -0.2) is 3.11 Å². The third kappa shape index (κ3) is 3.20. The standard InChI is InChI=1S/C9H12IN/c1-8-4-3-5-9(6-8)7-11(2)10/h3-6H,7H2,1-2H3. The second kappa shape index (κ2) is 4.07. The second-order valence-electron chi connectivity index (χ2n) is 2.75. The van der Waals surface area contributed by atoms with Crippen LogP contribution in [0.25, 0.3) is 0 Å². The highest BCUT2D eigenvalue weighted by Crippen LogP contribution is 2.08. The van der Waals surface area contributed by atoms with Crippen molar-refractivity contribution in [1.29, 1.82) is 0 Å². The Morgan fingerprint density at radius 1 is 1.45 bits per heavy atom. The van der Waals surface area contributed by atoms with Crippen molar-refractivity contribution < 1.29 is 0 Å². The number of hydrogen-bond donors (Lipinski definition) is 0. The molecular weight excluding hydrogens is 249 g/mol. The van der Waals surface area contributed by atoms with Gasteiger partial charge < -0.3 is 0 Å². The SMILES string of the molecule is Cc1cccc(CN(C)I)c1. The number of benzene rings is 1. The van der Waals surface area contributed by atoms with Crippen molar-refractivity contribution in [2.75, 3.05) is 7.05 Å². The number of hydrogen-bond acceptors (Lipinski definition) is 1. The van der Waals surface area contributed by atoms with Crippen LogP contribution in [0.5, 0.6) is 0 Å². The number of rotatable bonds is 2. The van der Waals surface area contributed by atoms with Gasteiger partial charge in [0.25, 0.3) is 0 Å². The summed E-state index contributed by atoms with van der Waals surface area (Å²) in [5, 5.41) is 0. The van der Waals surface area contributed by atoms with Gasteiger partial charge in [0, 0.05) is 29.4 Å². The summed E-state index contributed by atoms with van der Waals surface area (Å²) in [7, 11) is 2.07. The first kappa shape index (κ1) is 9.00. The van der Waals surface area contributed by atoms with Crippen LogP contribution in [0, 0.1) is 6.92 Å². The molecule has 0 heterocycles. The fourth-order valence-electron chi connectivity index (χ4n) is 1.06. The summed E-state index contributed by atoms with van der Waals surface area (Å²) in [5.74, 6) is 0. The van der Waals surface area contributed by atoms with Crippen molar-refractivity contribution >= 4 is 22.9 Å². The molecule has 0 aliphatic rings. The van der Waals surface area contributed by atoms with E-state index in [2.05, 4.69) is 64.2 Å². The van der Waals surface area contributed by atoms with E-state index in [4.69, 9.17) is 0 Å². The molecule has 0 N–H and O–H groups in total. The van der Waals surface area contributed by atoms with Crippen LogP contribution in [-0.4, -0.2) is 10.2 Å². The van der Waals surface area contributed by atoms with Crippen LogP contribution < -0.4 is 0 Å². The zero-order valence-electron chi connectivity index (χ0n) is 6.84. The normalized spacial score (nSPS) is 10.5. The van der Waals surface area contributed by atoms with E-state index in [0.717, 1.165) is 6.54 Å². The Bertz CT molecular complexity index is 233. The summed E-state index contributed by atoms with van der Waals surface area (Å²) in [5.41, 5.74) is 2.71. The predicted octanol–water partition coefficient (Wildman–Crippen LogP) is 2.78. The first-order chi connectivity index (χ1) is 5.18. The van der Waals surface area contributed by atoms with Crippen molar-refractivity contribution in [1.82, 2.24) is 3.11 Å². The molecule has 0 radical (unpaired) electrons. The molecule has 1 aromatic carbocycles. The average Bonchev–Trinajstić information content (AvgIpc) is 1.85. The van der Waals surface area contributed by atoms with Crippen molar-refractivity contribution in [2.24, 2.45) is 0 Å². The van der Waals surface area contributed by atoms with Crippen LogP contribution in [0.4, 0.5) is 0 Å². The molecule has 0 unspecified atom stereocenters. The lowest BCUT2D eigenvalue weighted by atomic mass is 10.1. The maximum Gasteiger partial charge on any atom is 0.0329 e. The predicted molar refractivity (Wildman–Crippen MR) is 56.7 cm³/mol. The molecule has 0 bridgehead atoms. The molecule has 0 saturated heterocycles. The topological polar surface area (TPSA) is 3.24 Å². The monoisotopic (exact) mass is 261 g/mol. The first-order valence-electron chi connectivity index (χ1n) is 3.61. The largest absolute Gasteiger partial charge is 0.246 e. The highest BCUT2D eigenvalue weighted by Gasteiger charge is 1.94. The number of halogens is 1. The van der Waals surface area contributed by atoms with Gasteiger partial charge in [-0.15, -0.1) is 0 Å². The van der Waals surface area contributed by atoms with Gasteiger partial charge in [0.15, 0.2) is 0 Å². The zero-order valence-corrected chi connectivity index (χ0v) is 9.00. The smallest absolute Gasteiger partial charge is 0.0329 e. The summed E-state index contributed by atoms with van der Waals surface area (Å²) in [6, 6.07) is 8.60. The molecule has 0 aliphatic heterocycles. The number of aryl methyl sites for hydroxylation is 1. The molecule has 0 saturated carbocycles. The van der Waals surface area contributed by atoms with Gasteiger partial charge in [0.2, 0.25) is 0 Å². The summed E-state index contributed by atoms with van der Waals surface area (Å²) in [6.07, 6.45) is 0. The van der Waals surface area contributed by atoms with E-state index in [-0.39, 0.29) is 0 Å². The zero-order chi connectivity index (χ0) is 8.27. The van der Waals surface area contributed by atoms with Gasteiger partial charge in [0.05, 0.1) is 0 Å². The maximum absolute atomic E-state index is 2.29. The lowest BCUT2D eigenvalue weighted by molar-refractivity contribution is 0.610. The second-order valence-corrected chi connectivity index (χ2v) is 4.40. The molecule has 0 aliphatic carbocycles. The fourth-order valence-corrected chi connectivity index (χ4v) is 1.46. The first-order valence-corrected chi connectivity index (χ1v) is 4.57. The van der Waals surface area contributed by atoms with Crippen LogP contribution in [0.2, 0.25) is 0 Å². The quantitative estimate of drug-likeness (QED) is 0.584. The van der Waals surface area contributed by atoms with E-state index in [1.165, 1.54) is 11.1 Å². The molecule has 11 heavy (non-hydrogen) atoms. The Kier molecular flexibility index (Phi) is 3.33. The lowest BCUT2D eigenvalue weighted by Gasteiger charge is -2.07. The maximum atomic E-state index is 2.29. The van der Waals surface area contributed by atoms with Gasteiger partial charge >= 0.3 is 0 Å². The van der Waals surface area contributed by atoms with E-state index in [1.807, 2.05) is 0 Å². The summed E-state index contributed by atoms with van der Waals surface area (Å²) in [6.45, 7) is 3.14. The van der Waals surface area contributed by atoms with Crippen LogP contribution in [0.3, 0.4) is 0 Å². The van der Waals surface area contributed by atoms with Crippen molar-refractivity contribution in [3.05, 3.63) is 35.4 Å². The van der Waals surface area contributed by atoms with E-state index in [1.54, 1.807) is 0 Å². The average molecular weight is 261 g/mol. The molecule has 1 aromatic rings. The lowest BCUT2D eigenvalue weighted by Crippen LogP contribution is -2.02. The van der Waals surface area contributed by atoms with Crippen LogP contribution >= 0.6 is 22.9 Å². The Morgan fingerprint density at radius 2 is 2.18 bits per heavy atom. The molecule has 0 fully saturated rings. The van der Waals surface area contributed by atoms with Crippen LogP contribution in [0.15, 0.2) is 24.3 Å². The van der Waals surface area contributed by atoms with E-state index in [0.29, 0.717) is 0 Å². The van der Waals surface area contributed by atoms with Crippen LogP contribution in [0.1, 0.15) is 11.1 Å². The minimum Gasteiger partial charge on any atom is -0.246 e. The Balaban J connectivity index is 2.71. The Labute approximate surface area is 81.9 Å². The molecule has 0 atom stereocenters. The molecule has 0 amide bonds. The van der Waals surface area contributed by atoms with Crippen LogP contribution in [-0.2, 0) is 6.54 Å². The van der Waals surface area contributed by atoms with Crippen molar-refractivity contribution in [3.63, 3.8) is 0 Å². The molecule has 0 spiro atoms. The molecule has 0 aromatic heterocycles. The summed E-state index contributed by atoms with van der Waals surface area (Å²) < 4.78 is 2.15. The molecule has 1 nitrogen and oxygen atoms in total. The third-order valence-corrected chi connectivity index (χ3v) is 1.82. The fraction of sp³-hybridized carbons (Fsp3) is 0.333. The van der Waals surface area contributed by atoms with E-state index >= 15 is 0 Å². The minimum absolute atomic E-state index is 1.02. The van der Waals surface area contributed by atoms with Gasteiger partial charge in [-0.05, 0) is 19.5 Å². The molecule has 2 heteroatoms. The Hall–Kier alpha value is -0.0900. The van der Waals surface area contributed by atoms with Gasteiger partial charge in [-0.2, -0.15) is 0 Å². The highest BCUT2D eigenvalue weighted by molar-refractivity contribution is 14.1. The molecule has 1 rings (SSSR count). The van der Waals surface area contributed by atoms with Gasteiger partial charge in [-0.3, -0.25) is 0 Å². The highest BCUT2D eigenvalue weighted by atomic mass is 127. The van der Waals surface area contributed by atoms with Gasteiger partial charge in [0.1, 0.15) is 0 Å². The van der Waals surface area contributed by atoms with E-state index in [9.17, 15) is 0 Å². The number of nitrogens with zero attached hydrogens (tertiary/aromatic N) is 1. The third-order valence-electron chi connectivity index (χ3n) is 1.48. The minimum atomic E-state index is 1.02. The molecular formula is C9H12IN. The van der Waals surface area contributed by atoms with Gasteiger partial charge in [-0.1, -0.05) is 29.8 Å². The van der Waals surface area contributed by atoms with Crippen molar-refractivity contribution in [2.45, 2.75) is 13.5 Å². The van der Waals surface area contributed by atoms with E-state index < -0.39 is 0 Å². The van der Waals surface area contributed by atoms with Crippen molar-refractivity contribution in [3.8, 4) is 0 Å². The Morgan fingerprint density at radius 3 is 2.73 bits per heavy atom. The summed E-state index contributed by atoms with van der Waals surface area (Å²) >= 11 is 2.29.